The molecule has 0 radical (unpaired) electrons. The van der Waals surface area contributed by atoms with Gasteiger partial charge in [0.05, 0.1) is 17.3 Å². The van der Waals surface area contributed by atoms with Gasteiger partial charge in [-0.3, -0.25) is 4.79 Å². The molecule has 5 heteroatoms. The Hall–Kier alpha value is -2.74. The van der Waals surface area contributed by atoms with Gasteiger partial charge in [0, 0.05) is 18.8 Å². The first-order chi connectivity index (χ1) is 10.0. The molecule has 0 unspecified atom stereocenters. The molecule has 1 amide bonds. The van der Waals surface area contributed by atoms with Crippen LogP contribution in [0, 0.1) is 11.3 Å². The normalized spacial score (nSPS) is 10.4. The molecule has 0 bridgehead atoms. The van der Waals surface area contributed by atoms with E-state index in [2.05, 4.69) is 11.4 Å². The van der Waals surface area contributed by atoms with E-state index in [1.807, 2.05) is 24.5 Å². The first kappa shape index (κ1) is 14.7. The molecule has 5 nitrogen and oxygen atoms in total. The zero-order valence-corrected chi connectivity index (χ0v) is 12.1. The summed E-state index contributed by atoms with van der Waals surface area (Å²) in [5, 5.41) is 11.7. The van der Waals surface area contributed by atoms with Gasteiger partial charge in [0.25, 0.3) is 5.91 Å². The van der Waals surface area contributed by atoms with Gasteiger partial charge >= 0.3 is 0 Å². The van der Waals surface area contributed by atoms with Crippen molar-refractivity contribution in [3.05, 3.63) is 53.3 Å². The number of carbonyl (C=O) groups is 1. The maximum absolute atomic E-state index is 12.3. The number of nitrogens with two attached hydrogens (primary N) is 1. The molecule has 3 N–H and O–H groups in total. The van der Waals surface area contributed by atoms with E-state index in [1.54, 1.807) is 30.5 Å². The van der Waals surface area contributed by atoms with Crippen LogP contribution in [0.4, 0.5) is 5.69 Å². The number of aromatic nitrogens is 1. The number of hydrogen-bond acceptors (Lipinski definition) is 3. The molecule has 1 heterocycles. The van der Waals surface area contributed by atoms with Gasteiger partial charge < -0.3 is 15.6 Å². The van der Waals surface area contributed by atoms with Crippen LogP contribution < -0.4 is 11.1 Å². The zero-order chi connectivity index (χ0) is 15.4. The van der Waals surface area contributed by atoms with Crippen LogP contribution in [0.25, 0.3) is 0 Å². The fourth-order valence-corrected chi connectivity index (χ4v) is 2.13. The van der Waals surface area contributed by atoms with Gasteiger partial charge in [-0.2, -0.15) is 5.26 Å². The fourth-order valence-electron chi connectivity index (χ4n) is 2.13. The van der Waals surface area contributed by atoms with E-state index in [4.69, 9.17) is 11.0 Å². The first-order valence-electron chi connectivity index (χ1n) is 6.76. The van der Waals surface area contributed by atoms with E-state index >= 15 is 0 Å². The van der Waals surface area contributed by atoms with Crippen molar-refractivity contribution in [3.8, 4) is 6.07 Å². The molecule has 0 saturated carbocycles. The van der Waals surface area contributed by atoms with E-state index in [0.717, 1.165) is 5.56 Å². The summed E-state index contributed by atoms with van der Waals surface area (Å²) < 4.78 is 1.84. The maximum Gasteiger partial charge on any atom is 0.268 e. The third-order valence-electron chi connectivity index (χ3n) is 3.17. The number of nitrogens with one attached hydrogen (secondary N) is 1. The molecule has 1 aromatic heterocycles. The average molecular weight is 282 g/mol. The fraction of sp³-hybridized carbons (Fsp3) is 0.250. The number of nitrogen functional groups attached to an aromatic ring is 1. The Labute approximate surface area is 124 Å². The van der Waals surface area contributed by atoms with Crippen molar-refractivity contribution in [3.63, 3.8) is 0 Å². The van der Waals surface area contributed by atoms with Crippen LogP contribution in [0.5, 0.6) is 0 Å². The van der Waals surface area contributed by atoms with Crippen molar-refractivity contribution >= 4 is 11.6 Å². The maximum atomic E-state index is 12.3. The standard InChI is InChI=1S/C16H18N4O/c1-11(2)20-10-14(18)7-15(20)16(21)19-9-13-5-3-4-12(6-13)8-17/h3-7,10-11H,9,18H2,1-2H3,(H,19,21). The molecule has 108 valence electrons. The molecule has 0 aliphatic rings. The third kappa shape index (κ3) is 3.42. The van der Waals surface area contributed by atoms with Gasteiger partial charge in [0.1, 0.15) is 5.69 Å². The summed E-state index contributed by atoms with van der Waals surface area (Å²) in [6.45, 7) is 4.36. The number of nitrogens with zero attached hydrogens (tertiary/aromatic N) is 2. The Bertz CT molecular complexity index is 695. The van der Waals surface area contributed by atoms with Crippen LogP contribution >= 0.6 is 0 Å². The monoisotopic (exact) mass is 282 g/mol. The predicted molar refractivity (Wildman–Crippen MR) is 81.6 cm³/mol. The van der Waals surface area contributed by atoms with Crippen LogP contribution in [0.15, 0.2) is 36.5 Å². The van der Waals surface area contributed by atoms with Crippen LogP contribution in [-0.4, -0.2) is 10.5 Å². The number of amides is 1. The summed E-state index contributed by atoms with van der Waals surface area (Å²) in [4.78, 5) is 12.3. The summed E-state index contributed by atoms with van der Waals surface area (Å²) in [6, 6.07) is 11.1. The number of anilines is 1. The minimum absolute atomic E-state index is 0.157. The summed E-state index contributed by atoms with van der Waals surface area (Å²) >= 11 is 0. The van der Waals surface area contributed by atoms with Gasteiger partial charge in [-0.1, -0.05) is 12.1 Å². The Balaban J connectivity index is 2.10. The van der Waals surface area contributed by atoms with Crippen molar-refractivity contribution in [1.82, 2.24) is 9.88 Å². The Kier molecular flexibility index (Phi) is 4.29. The van der Waals surface area contributed by atoms with Crippen molar-refractivity contribution in [1.29, 1.82) is 5.26 Å². The van der Waals surface area contributed by atoms with E-state index in [1.165, 1.54) is 0 Å². The Morgan fingerprint density at radius 3 is 2.86 bits per heavy atom. The lowest BCUT2D eigenvalue weighted by atomic mass is 10.1. The lowest BCUT2D eigenvalue weighted by Gasteiger charge is -2.12. The number of hydrogen-bond donors (Lipinski definition) is 2. The highest BCUT2D eigenvalue weighted by atomic mass is 16.1. The van der Waals surface area contributed by atoms with Gasteiger partial charge in [-0.15, -0.1) is 0 Å². The number of rotatable bonds is 4. The van der Waals surface area contributed by atoms with Gasteiger partial charge in [0.15, 0.2) is 0 Å². The van der Waals surface area contributed by atoms with Gasteiger partial charge in [0.2, 0.25) is 0 Å². The molecule has 0 fully saturated rings. The SMILES string of the molecule is CC(C)n1cc(N)cc1C(=O)NCc1cccc(C#N)c1. The van der Waals surface area contributed by atoms with Gasteiger partial charge in [-0.25, -0.2) is 0 Å². The summed E-state index contributed by atoms with van der Waals surface area (Å²) in [6.07, 6.45) is 1.76. The van der Waals surface area contributed by atoms with Crippen LogP contribution in [-0.2, 0) is 6.54 Å². The first-order valence-corrected chi connectivity index (χ1v) is 6.76. The molecule has 0 spiro atoms. The second-order valence-electron chi connectivity index (χ2n) is 5.15. The predicted octanol–water partition coefficient (Wildman–Crippen LogP) is 2.45. The lowest BCUT2D eigenvalue weighted by Crippen LogP contribution is -2.25. The second kappa shape index (κ2) is 6.14. The molecule has 2 aromatic rings. The molecular formula is C16H18N4O. The molecule has 2 rings (SSSR count). The molecule has 0 atom stereocenters. The van der Waals surface area contributed by atoms with Crippen molar-refractivity contribution in [2.24, 2.45) is 0 Å². The highest BCUT2D eigenvalue weighted by Crippen LogP contribution is 2.16. The summed E-state index contributed by atoms with van der Waals surface area (Å²) in [5.74, 6) is -0.178. The van der Waals surface area contributed by atoms with Crippen LogP contribution in [0.3, 0.4) is 0 Å². The molecule has 21 heavy (non-hydrogen) atoms. The Morgan fingerprint density at radius 2 is 2.19 bits per heavy atom. The quantitative estimate of drug-likeness (QED) is 0.903. The molecule has 0 aliphatic heterocycles. The number of benzene rings is 1. The average Bonchev–Trinajstić information content (AvgIpc) is 2.87. The lowest BCUT2D eigenvalue weighted by molar-refractivity contribution is 0.0940. The molecular weight excluding hydrogens is 264 g/mol. The van der Waals surface area contributed by atoms with E-state index in [-0.39, 0.29) is 11.9 Å². The highest BCUT2D eigenvalue weighted by molar-refractivity contribution is 5.93. The van der Waals surface area contributed by atoms with Crippen molar-refractivity contribution in [2.75, 3.05) is 5.73 Å². The smallest absolute Gasteiger partial charge is 0.268 e. The topological polar surface area (TPSA) is 83.8 Å². The minimum atomic E-state index is -0.178. The van der Waals surface area contributed by atoms with E-state index in [9.17, 15) is 4.79 Å². The summed E-state index contributed by atoms with van der Waals surface area (Å²) in [7, 11) is 0. The molecule has 0 aliphatic carbocycles. The largest absolute Gasteiger partial charge is 0.397 e. The van der Waals surface area contributed by atoms with E-state index in [0.29, 0.717) is 23.5 Å². The van der Waals surface area contributed by atoms with Crippen molar-refractivity contribution < 1.29 is 4.79 Å². The zero-order valence-electron chi connectivity index (χ0n) is 12.1. The van der Waals surface area contributed by atoms with E-state index < -0.39 is 0 Å². The number of carbonyl (C=O) groups excluding carboxylic acids is 1. The molecule has 0 saturated heterocycles. The van der Waals surface area contributed by atoms with Crippen LogP contribution in [0.2, 0.25) is 0 Å². The van der Waals surface area contributed by atoms with Crippen LogP contribution in [0.1, 0.15) is 41.5 Å². The van der Waals surface area contributed by atoms with Gasteiger partial charge in [-0.05, 0) is 37.6 Å². The number of nitriles is 1. The minimum Gasteiger partial charge on any atom is -0.397 e. The second-order valence-corrected chi connectivity index (χ2v) is 5.15. The third-order valence-corrected chi connectivity index (χ3v) is 3.17. The summed E-state index contributed by atoms with van der Waals surface area (Å²) in [5.41, 5.74) is 8.34. The Morgan fingerprint density at radius 1 is 1.43 bits per heavy atom. The van der Waals surface area contributed by atoms with Crippen molar-refractivity contribution in [2.45, 2.75) is 26.4 Å². The highest BCUT2D eigenvalue weighted by Gasteiger charge is 2.14. The molecule has 1 aromatic carbocycles.